The lowest BCUT2D eigenvalue weighted by molar-refractivity contribution is -0.145. The van der Waals surface area contributed by atoms with Crippen LogP contribution in [0, 0.1) is 0 Å². The number of aromatic nitrogens is 6. The number of carbonyl (C=O) groups excluding carboxylic acids is 1. The summed E-state index contributed by atoms with van der Waals surface area (Å²) >= 11 is 1.46. The number of aliphatic hydroxyl groups is 2. The molecule has 0 radical (unpaired) electrons. The third-order valence-electron chi connectivity index (χ3n) is 8.51. The van der Waals surface area contributed by atoms with E-state index in [1.165, 1.54) is 29.0 Å². The molecule has 6 atom stereocenters. The number of carbonyl (C=O) groups is 2. The number of likely N-dealkylation sites (tertiary alicyclic amines) is 1. The molecule has 20 heteroatoms. The van der Waals surface area contributed by atoms with Crippen molar-refractivity contribution in [2.24, 2.45) is 4.99 Å². The molecule has 19 nitrogen and oxygen atoms in total. The number of nitrogens with one attached hydrogen (secondary N) is 3. The Balaban J connectivity index is 1.02. The molecule has 6 heterocycles. The van der Waals surface area contributed by atoms with E-state index in [0.717, 1.165) is 0 Å². The minimum absolute atomic E-state index is 0.0603. The Bertz CT molecular complexity index is 1780. The molecule has 2 saturated heterocycles. The number of aliphatic hydroxyl groups excluding tert-OH is 2. The number of hydrogen-bond donors (Lipinski definition) is 8. The fourth-order valence-electron chi connectivity index (χ4n) is 6.07. The van der Waals surface area contributed by atoms with Gasteiger partial charge in [0.1, 0.15) is 35.8 Å². The number of rotatable bonds is 9. The summed E-state index contributed by atoms with van der Waals surface area (Å²) in [5.74, 6) is -0.359. The molecule has 2 fully saturated rings. The monoisotopic (exact) mass is 672 g/mol. The van der Waals surface area contributed by atoms with Crippen molar-refractivity contribution in [1.82, 2.24) is 39.7 Å². The Hall–Kier alpha value is -4.37. The lowest BCUT2D eigenvalue weighted by Crippen LogP contribution is -2.57. The quantitative estimate of drug-likeness (QED) is 0.119. The number of amides is 1. The van der Waals surface area contributed by atoms with E-state index in [1.54, 1.807) is 13.8 Å². The van der Waals surface area contributed by atoms with Crippen LogP contribution in [0.4, 0.5) is 23.3 Å². The van der Waals surface area contributed by atoms with Gasteiger partial charge in [-0.05, 0) is 26.7 Å². The molecule has 4 unspecified atom stereocenters. The van der Waals surface area contributed by atoms with Gasteiger partial charge < -0.3 is 42.2 Å². The first-order valence-corrected chi connectivity index (χ1v) is 16.1. The standard InChI is InChI=1S/C27H36N12O7S/c1-27(2)18(34-15-20(37-27)35-26(29)36-22(15)42)23(43)33-11-3-4-38(12(7-11)25(44)45)5-6-47-8-13-16(40)17(41)24(46-13)39-10-32-14-19(28)30-9-31-21(14)39/h9-13,16-17,24,40-41H,3-8H2,1-2H3,(H,33,43)(H,44,45)(H2,28,30,31)(H4,29,35,36,37,42)/t11?,12?,13-,16?,17?,24-/m1/s1. The molecule has 0 aromatic carbocycles. The number of nitrogen functional groups attached to an aromatic ring is 2. The second kappa shape index (κ2) is 12.7. The van der Waals surface area contributed by atoms with Crippen molar-refractivity contribution < 1.29 is 29.6 Å². The van der Waals surface area contributed by atoms with Crippen LogP contribution < -0.4 is 27.7 Å². The van der Waals surface area contributed by atoms with E-state index >= 15 is 0 Å². The Kier molecular flexibility index (Phi) is 8.78. The second-order valence-corrected chi connectivity index (χ2v) is 13.3. The average molecular weight is 673 g/mol. The number of imidazole rings is 1. The smallest absolute Gasteiger partial charge is 0.320 e. The third-order valence-corrected chi connectivity index (χ3v) is 9.55. The van der Waals surface area contributed by atoms with E-state index in [0.29, 0.717) is 42.2 Å². The van der Waals surface area contributed by atoms with Crippen LogP contribution in [0.25, 0.3) is 11.2 Å². The number of nitrogens with two attached hydrogens (primary N) is 2. The van der Waals surface area contributed by atoms with Crippen LogP contribution in [-0.2, 0) is 14.3 Å². The van der Waals surface area contributed by atoms with Crippen molar-refractivity contribution in [2.45, 2.75) is 68.9 Å². The molecular formula is C27H36N12O7S. The van der Waals surface area contributed by atoms with E-state index in [9.17, 15) is 29.7 Å². The first-order chi connectivity index (χ1) is 22.3. The fourth-order valence-corrected chi connectivity index (χ4v) is 7.11. The number of ether oxygens (including phenoxy) is 1. The molecule has 3 aromatic rings. The Morgan fingerprint density at radius 2 is 2.00 bits per heavy atom. The number of fused-ring (bicyclic) bond motifs is 2. The van der Waals surface area contributed by atoms with Gasteiger partial charge in [0.15, 0.2) is 29.2 Å². The van der Waals surface area contributed by atoms with Crippen molar-refractivity contribution in [3.63, 3.8) is 0 Å². The summed E-state index contributed by atoms with van der Waals surface area (Å²) in [6, 6.07) is -1.27. The zero-order valence-corrected chi connectivity index (χ0v) is 26.3. The summed E-state index contributed by atoms with van der Waals surface area (Å²) < 4.78 is 7.50. The number of H-pyrrole nitrogens is 1. The van der Waals surface area contributed by atoms with Crippen LogP contribution in [0.3, 0.4) is 0 Å². The van der Waals surface area contributed by atoms with Crippen molar-refractivity contribution in [2.75, 3.05) is 41.4 Å². The summed E-state index contributed by atoms with van der Waals surface area (Å²) in [5.41, 5.74) is 10.7. The number of piperidine rings is 1. The first-order valence-electron chi connectivity index (χ1n) is 14.9. The summed E-state index contributed by atoms with van der Waals surface area (Å²) in [4.78, 5) is 62.8. The van der Waals surface area contributed by atoms with Gasteiger partial charge in [-0.1, -0.05) is 0 Å². The lowest BCUT2D eigenvalue weighted by atomic mass is 9.93. The van der Waals surface area contributed by atoms with Gasteiger partial charge in [0.25, 0.3) is 11.5 Å². The van der Waals surface area contributed by atoms with Gasteiger partial charge in [-0.25, -0.2) is 19.9 Å². The zero-order valence-electron chi connectivity index (χ0n) is 25.5. The van der Waals surface area contributed by atoms with Crippen LogP contribution >= 0.6 is 11.8 Å². The molecule has 47 heavy (non-hydrogen) atoms. The normalized spacial score (nSPS) is 27.2. The highest BCUT2D eigenvalue weighted by Gasteiger charge is 2.44. The van der Waals surface area contributed by atoms with Crippen LogP contribution in [0.15, 0.2) is 22.4 Å². The number of carboxylic acid groups (broad SMARTS) is 1. The predicted octanol–water partition coefficient (Wildman–Crippen LogP) is -1.56. The Labute approximate surface area is 271 Å². The molecular weight excluding hydrogens is 636 g/mol. The summed E-state index contributed by atoms with van der Waals surface area (Å²) in [6.45, 7) is 4.30. The molecule has 10 N–H and O–H groups in total. The number of thioether (sulfide) groups is 1. The Morgan fingerprint density at radius 1 is 1.21 bits per heavy atom. The topological polar surface area (TPSA) is 285 Å². The van der Waals surface area contributed by atoms with Crippen molar-refractivity contribution in [3.8, 4) is 0 Å². The maximum atomic E-state index is 13.3. The molecule has 3 aromatic heterocycles. The Morgan fingerprint density at radius 3 is 2.77 bits per heavy atom. The van der Waals surface area contributed by atoms with Crippen molar-refractivity contribution >= 4 is 63.8 Å². The number of anilines is 3. The second-order valence-electron chi connectivity index (χ2n) is 12.1. The van der Waals surface area contributed by atoms with Gasteiger partial charge in [-0.3, -0.25) is 28.8 Å². The molecule has 252 valence electrons. The number of aromatic amines is 1. The van der Waals surface area contributed by atoms with E-state index in [-0.39, 0.29) is 35.4 Å². The molecule has 3 aliphatic heterocycles. The minimum Gasteiger partial charge on any atom is -0.480 e. The largest absolute Gasteiger partial charge is 0.480 e. The maximum Gasteiger partial charge on any atom is 0.320 e. The maximum absolute atomic E-state index is 13.3. The van der Waals surface area contributed by atoms with Crippen molar-refractivity contribution in [1.29, 1.82) is 0 Å². The highest BCUT2D eigenvalue weighted by atomic mass is 32.2. The molecule has 1 amide bonds. The van der Waals surface area contributed by atoms with E-state index in [2.05, 4.69) is 40.5 Å². The SMILES string of the molecule is CC1(C)Nc2nc(N)[nH]c(=O)c2N=C1C(=O)NC1CCN(CCSC[C@H]2O[C@@H](n3cnc4c(N)ncnc43)C(O)C2O)C(C(=O)O)C1. The van der Waals surface area contributed by atoms with Gasteiger partial charge in [0.05, 0.1) is 18.0 Å². The van der Waals surface area contributed by atoms with Crippen LogP contribution in [0.1, 0.15) is 32.9 Å². The number of hydrogen-bond acceptors (Lipinski definition) is 16. The number of aliphatic carboxylic acids is 1. The van der Waals surface area contributed by atoms with Crippen LogP contribution in [-0.4, -0.2) is 128 Å². The zero-order chi connectivity index (χ0) is 33.6. The van der Waals surface area contributed by atoms with E-state index in [4.69, 9.17) is 16.2 Å². The predicted molar refractivity (Wildman–Crippen MR) is 171 cm³/mol. The summed E-state index contributed by atoms with van der Waals surface area (Å²) in [5, 5.41) is 37.3. The highest BCUT2D eigenvalue weighted by molar-refractivity contribution is 7.99. The molecule has 0 bridgehead atoms. The van der Waals surface area contributed by atoms with Crippen LogP contribution in [0.5, 0.6) is 0 Å². The molecule has 3 aliphatic rings. The molecule has 0 saturated carbocycles. The third kappa shape index (κ3) is 6.33. The van der Waals surface area contributed by atoms with Gasteiger partial charge in [-0.15, -0.1) is 0 Å². The number of carboxylic acids is 1. The summed E-state index contributed by atoms with van der Waals surface area (Å²) in [6.07, 6.45) is -0.619. The minimum atomic E-state index is -1.23. The average Bonchev–Trinajstić information content (AvgIpc) is 3.56. The fraction of sp³-hybridized carbons (Fsp3) is 0.556. The van der Waals surface area contributed by atoms with E-state index in [1.807, 2.05) is 4.90 Å². The van der Waals surface area contributed by atoms with Gasteiger partial charge >= 0.3 is 5.97 Å². The number of aliphatic imine (C=N–C) groups is 1. The van der Waals surface area contributed by atoms with Gasteiger partial charge in [0, 0.05) is 30.6 Å². The summed E-state index contributed by atoms with van der Waals surface area (Å²) in [7, 11) is 0. The number of nitrogens with zero attached hydrogens (tertiary/aromatic N) is 7. The van der Waals surface area contributed by atoms with Gasteiger partial charge in [0.2, 0.25) is 5.95 Å². The van der Waals surface area contributed by atoms with Gasteiger partial charge in [-0.2, -0.15) is 16.7 Å². The molecule has 0 spiro atoms. The highest BCUT2D eigenvalue weighted by Crippen LogP contribution is 2.34. The van der Waals surface area contributed by atoms with E-state index < -0.39 is 59.6 Å². The van der Waals surface area contributed by atoms with Crippen LogP contribution in [0.2, 0.25) is 0 Å². The molecule has 0 aliphatic carbocycles. The van der Waals surface area contributed by atoms with Crippen molar-refractivity contribution in [3.05, 3.63) is 23.0 Å². The lowest BCUT2D eigenvalue weighted by Gasteiger charge is -2.38. The molecule has 6 rings (SSSR count). The first kappa shape index (κ1) is 32.6.